The number of amides is 1. The number of carbonyl (C=O) groups excluding carboxylic acids is 1. The van der Waals surface area contributed by atoms with E-state index < -0.39 is 83.8 Å². The molecule has 0 bridgehead atoms. The lowest BCUT2D eigenvalue weighted by atomic mass is 10.1. The molecule has 6 unspecified atom stereocenters. The zero-order chi connectivity index (χ0) is 32.0. The summed E-state index contributed by atoms with van der Waals surface area (Å²) >= 11 is 0. The summed E-state index contributed by atoms with van der Waals surface area (Å²) in [5.41, 5.74) is 11.4. The fourth-order valence-corrected chi connectivity index (χ4v) is 6.67. The van der Waals surface area contributed by atoms with E-state index in [0.29, 0.717) is 0 Å². The second-order valence-electron chi connectivity index (χ2n) is 9.69. The molecule has 3 aromatic heterocycles. The number of nitrogens with two attached hydrogens (primary N) is 2. The minimum Gasteiger partial charge on any atom is -0.387 e. The fraction of sp³-hybridized carbons (Fsp3) is 0.476. The number of hydrogen-bond donors (Lipinski definition) is 8. The molecule has 1 amide bonds. The monoisotopic (exact) mass is 664 g/mol. The molecule has 10 N–H and O–H groups in total. The number of aliphatic hydroxyl groups excluding tert-OH is 4. The second kappa shape index (κ2) is 12.4. The maximum Gasteiger partial charge on any atom is 0.481 e. The van der Waals surface area contributed by atoms with E-state index in [2.05, 4.69) is 23.8 Å². The number of imidazole rings is 1. The number of anilines is 1. The first-order valence-electron chi connectivity index (χ1n) is 12.6. The SMILES string of the molecule is NC(=O)c1ccc[n+]([C@@H]2O[C@H](COP(=O)(O)OP(=O)(O)OCC3OC(n4cnc5c(N)ncnc54)C(O)C3O)[C@@H](O)[C@H]2O)c1. The fourth-order valence-electron chi connectivity index (χ4n) is 4.58. The summed E-state index contributed by atoms with van der Waals surface area (Å²) in [4.78, 5) is 43.3. The van der Waals surface area contributed by atoms with Crippen LogP contribution in [0.15, 0.2) is 37.2 Å². The van der Waals surface area contributed by atoms with Crippen LogP contribution in [0.1, 0.15) is 22.8 Å². The van der Waals surface area contributed by atoms with Gasteiger partial charge in [0.1, 0.15) is 47.9 Å². The number of aromatic nitrogens is 5. The van der Waals surface area contributed by atoms with Crippen LogP contribution < -0.4 is 16.0 Å². The number of phosphoric ester groups is 2. The highest BCUT2D eigenvalue weighted by atomic mass is 31.3. The zero-order valence-corrected chi connectivity index (χ0v) is 24.0. The third-order valence-corrected chi connectivity index (χ3v) is 9.35. The summed E-state index contributed by atoms with van der Waals surface area (Å²) in [5, 5.41) is 41.6. The standard InChI is InChI=1S/C21H27N7O14P2/c22-17-12-19(25-7-24-17)28(8-26-12)21-16(32)14(30)11(41-21)6-39-44(36,37)42-43(34,35)38-5-10-13(29)15(31)20(40-10)27-3-1-2-9(4-27)18(23)33/h1-4,7-8,10-11,13-16,20-21,29-32H,5-6H2,(H5-,22,23,24,25,33,34,35,36,37)/p+1/t10-,11?,13-,14?,15-,16?,20-,21?/m1/s1. The first-order chi connectivity index (χ1) is 20.7. The number of aliphatic hydroxyl groups is 4. The van der Waals surface area contributed by atoms with Crippen molar-refractivity contribution in [1.82, 2.24) is 19.5 Å². The number of nitrogen functional groups attached to an aromatic ring is 1. The highest BCUT2D eigenvalue weighted by molar-refractivity contribution is 7.61. The van der Waals surface area contributed by atoms with Crippen molar-refractivity contribution in [3.63, 3.8) is 0 Å². The molecule has 10 atom stereocenters. The average molecular weight is 664 g/mol. The Labute approximate surface area is 246 Å². The molecule has 5 heterocycles. The van der Waals surface area contributed by atoms with E-state index in [0.717, 1.165) is 6.33 Å². The molecule has 2 aliphatic heterocycles. The Bertz CT molecular complexity index is 1630. The van der Waals surface area contributed by atoms with Crippen molar-refractivity contribution in [2.45, 2.75) is 49.1 Å². The van der Waals surface area contributed by atoms with Gasteiger partial charge in [-0.05, 0) is 6.07 Å². The summed E-state index contributed by atoms with van der Waals surface area (Å²) in [6, 6.07) is 2.83. The Morgan fingerprint density at radius 3 is 2.27 bits per heavy atom. The van der Waals surface area contributed by atoms with Gasteiger partial charge in [-0.1, -0.05) is 0 Å². The topological polar surface area (TPSA) is 318 Å². The molecule has 5 rings (SSSR count). The molecule has 240 valence electrons. The minimum atomic E-state index is -5.37. The second-order valence-corrected chi connectivity index (χ2v) is 12.7. The molecule has 21 nitrogen and oxygen atoms in total. The molecule has 23 heteroatoms. The number of primary amides is 1. The Balaban J connectivity index is 1.16. The summed E-state index contributed by atoms with van der Waals surface area (Å²) in [6.45, 7) is -1.80. The lowest BCUT2D eigenvalue weighted by Crippen LogP contribution is -2.46. The number of carbonyl (C=O) groups is 1. The van der Waals surface area contributed by atoms with Gasteiger partial charge < -0.3 is 51.2 Å². The van der Waals surface area contributed by atoms with E-state index in [1.54, 1.807) is 0 Å². The normalized spacial score (nSPS) is 31.6. The quantitative estimate of drug-likeness (QED) is 0.0747. The number of hydrogen-bond acceptors (Lipinski definition) is 16. The summed E-state index contributed by atoms with van der Waals surface area (Å²) in [5.74, 6) is -0.714. The van der Waals surface area contributed by atoms with Crippen molar-refractivity contribution in [2.75, 3.05) is 18.9 Å². The molecule has 2 saturated heterocycles. The van der Waals surface area contributed by atoms with Gasteiger partial charge in [0.25, 0.3) is 12.1 Å². The van der Waals surface area contributed by atoms with Crippen LogP contribution >= 0.6 is 15.6 Å². The van der Waals surface area contributed by atoms with Crippen LogP contribution in [0.2, 0.25) is 0 Å². The third-order valence-electron chi connectivity index (χ3n) is 6.75. The van der Waals surface area contributed by atoms with Crippen molar-refractivity contribution >= 4 is 38.5 Å². The molecule has 0 spiro atoms. The lowest BCUT2D eigenvalue weighted by Gasteiger charge is -2.20. The predicted octanol–water partition coefficient (Wildman–Crippen LogP) is -3.02. The van der Waals surface area contributed by atoms with Crippen molar-refractivity contribution in [2.24, 2.45) is 5.73 Å². The lowest BCUT2D eigenvalue weighted by molar-refractivity contribution is -0.765. The van der Waals surface area contributed by atoms with E-state index in [4.69, 9.17) is 25.5 Å². The molecule has 44 heavy (non-hydrogen) atoms. The summed E-state index contributed by atoms with van der Waals surface area (Å²) < 4.78 is 52.0. The first-order valence-corrected chi connectivity index (χ1v) is 15.6. The van der Waals surface area contributed by atoms with E-state index in [-0.39, 0.29) is 22.5 Å². The van der Waals surface area contributed by atoms with Crippen molar-refractivity contribution in [3.05, 3.63) is 42.7 Å². The number of fused-ring (bicyclic) bond motifs is 1. The number of rotatable bonds is 11. The zero-order valence-electron chi connectivity index (χ0n) is 22.2. The predicted molar refractivity (Wildman–Crippen MR) is 139 cm³/mol. The highest BCUT2D eigenvalue weighted by Gasteiger charge is 2.50. The molecule has 0 aromatic carbocycles. The van der Waals surface area contributed by atoms with E-state index in [1.807, 2.05) is 0 Å². The molecule has 0 aliphatic carbocycles. The van der Waals surface area contributed by atoms with Crippen LogP contribution in [0, 0.1) is 0 Å². The van der Waals surface area contributed by atoms with Gasteiger partial charge in [-0.25, -0.2) is 24.1 Å². The van der Waals surface area contributed by atoms with Gasteiger partial charge in [-0.3, -0.25) is 18.4 Å². The van der Waals surface area contributed by atoms with E-state index >= 15 is 0 Å². The first kappa shape index (κ1) is 32.4. The van der Waals surface area contributed by atoms with Crippen LogP contribution in [0.5, 0.6) is 0 Å². The Morgan fingerprint density at radius 1 is 0.977 bits per heavy atom. The number of ether oxygens (including phenoxy) is 2. The molecule has 2 fully saturated rings. The van der Waals surface area contributed by atoms with Crippen LogP contribution in [0.3, 0.4) is 0 Å². The molecule has 3 aromatic rings. The van der Waals surface area contributed by atoms with Gasteiger partial charge >= 0.3 is 15.6 Å². The largest absolute Gasteiger partial charge is 0.481 e. The summed E-state index contributed by atoms with van der Waals surface area (Å²) in [7, 11) is -10.7. The summed E-state index contributed by atoms with van der Waals surface area (Å²) in [6.07, 6.45) is -6.85. The Kier molecular flexibility index (Phi) is 9.13. The van der Waals surface area contributed by atoms with Gasteiger partial charge in [-0.15, -0.1) is 0 Å². The van der Waals surface area contributed by atoms with E-state index in [9.17, 15) is 44.1 Å². The smallest absolute Gasteiger partial charge is 0.387 e. The number of nitrogens with zero attached hydrogens (tertiary/aromatic N) is 5. The van der Waals surface area contributed by atoms with Gasteiger partial charge in [0.15, 0.2) is 36.2 Å². The number of pyridine rings is 1. The maximum atomic E-state index is 12.4. The Morgan fingerprint density at radius 2 is 1.61 bits per heavy atom. The van der Waals surface area contributed by atoms with Crippen LogP contribution in [-0.4, -0.2) is 105 Å². The van der Waals surface area contributed by atoms with Crippen LogP contribution in [0.4, 0.5) is 5.82 Å². The molecule has 2 aliphatic rings. The van der Waals surface area contributed by atoms with Gasteiger partial charge in [0.2, 0.25) is 0 Å². The van der Waals surface area contributed by atoms with Crippen molar-refractivity contribution in [1.29, 1.82) is 0 Å². The van der Waals surface area contributed by atoms with Crippen LogP contribution in [0.25, 0.3) is 11.2 Å². The van der Waals surface area contributed by atoms with E-state index in [1.165, 1.54) is 40.0 Å². The van der Waals surface area contributed by atoms with Crippen molar-refractivity contribution in [3.8, 4) is 0 Å². The highest BCUT2D eigenvalue weighted by Crippen LogP contribution is 2.60. The van der Waals surface area contributed by atoms with Gasteiger partial charge in [-0.2, -0.15) is 8.88 Å². The molecule has 0 radical (unpaired) electrons. The third kappa shape index (κ3) is 6.65. The van der Waals surface area contributed by atoms with Crippen LogP contribution in [-0.2, 0) is 32.0 Å². The number of phosphoric acid groups is 2. The molecular weight excluding hydrogens is 636 g/mol. The Hall–Kier alpha value is -3.01. The molecular formula is C21H28N7O14P2+. The van der Waals surface area contributed by atoms with Gasteiger partial charge in [0, 0.05) is 6.07 Å². The average Bonchev–Trinajstić information content (AvgIpc) is 3.61. The molecule has 0 saturated carbocycles. The maximum absolute atomic E-state index is 12.4. The van der Waals surface area contributed by atoms with Crippen molar-refractivity contribution < 1.29 is 71.5 Å². The minimum absolute atomic E-state index is 0.0505. The van der Waals surface area contributed by atoms with Gasteiger partial charge in [0.05, 0.1) is 19.5 Å².